The Labute approximate surface area is 92.9 Å². The van der Waals surface area contributed by atoms with Gasteiger partial charge in [0.25, 0.3) is 0 Å². The lowest BCUT2D eigenvalue weighted by Crippen LogP contribution is -2.28. The van der Waals surface area contributed by atoms with E-state index in [0.29, 0.717) is 0 Å². The van der Waals surface area contributed by atoms with Crippen molar-refractivity contribution in [3.63, 3.8) is 0 Å². The van der Waals surface area contributed by atoms with Gasteiger partial charge in [0.1, 0.15) is 5.76 Å². The molecule has 2 rings (SSSR count). The summed E-state index contributed by atoms with van der Waals surface area (Å²) in [4.78, 5) is 0. The van der Waals surface area contributed by atoms with Gasteiger partial charge in [-0.15, -0.1) is 0 Å². The number of hydrazine groups is 1. The van der Waals surface area contributed by atoms with Gasteiger partial charge >= 0.3 is 0 Å². The van der Waals surface area contributed by atoms with Crippen LogP contribution in [0.2, 0.25) is 0 Å². The van der Waals surface area contributed by atoms with E-state index in [9.17, 15) is 0 Å². The molecule has 0 saturated heterocycles. The van der Waals surface area contributed by atoms with Gasteiger partial charge in [-0.05, 0) is 40.9 Å². The molecular formula is C11H14N2OS. The van der Waals surface area contributed by atoms with Gasteiger partial charge < -0.3 is 4.42 Å². The molecule has 1 unspecified atom stereocenters. The molecule has 4 heteroatoms. The zero-order chi connectivity index (χ0) is 10.5. The molecule has 0 saturated carbocycles. The summed E-state index contributed by atoms with van der Waals surface area (Å²) in [7, 11) is 0. The lowest BCUT2D eigenvalue weighted by molar-refractivity contribution is 0.459. The predicted molar refractivity (Wildman–Crippen MR) is 61.4 cm³/mol. The Bertz CT molecular complexity index is 369. The third-order valence-electron chi connectivity index (χ3n) is 2.41. The van der Waals surface area contributed by atoms with Crippen LogP contribution in [0.5, 0.6) is 0 Å². The monoisotopic (exact) mass is 222 g/mol. The van der Waals surface area contributed by atoms with Crippen LogP contribution >= 0.6 is 11.3 Å². The maximum atomic E-state index is 5.53. The van der Waals surface area contributed by atoms with Gasteiger partial charge in [-0.1, -0.05) is 0 Å². The smallest absolute Gasteiger partial charge is 0.103 e. The highest BCUT2D eigenvalue weighted by Gasteiger charge is 2.10. The van der Waals surface area contributed by atoms with Crippen molar-refractivity contribution in [2.45, 2.75) is 18.9 Å². The first-order valence-corrected chi connectivity index (χ1v) is 5.85. The standard InChI is InChI=1S/C11H14N2OS/c12-13-11(9-5-7-15-8-9)4-3-10-2-1-6-14-10/h1-2,5-8,11,13H,3-4,12H2. The second-order valence-corrected chi connectivity index (χ2v) is 4.17. The molecule has 0 bridgehead atoms. The number of nitrogens with one attached hydrogen (secondary N) is 1. The molecule has 0 spiro atoms. The van der Waals surface area contributed by atoms with Crippen LogP contribution in [0.3, 0.4) is 0 Å². The van der Waals surface area contributed by atoms with Gasteiger partial charge in [0.05, 0.1) is 6.26 Å². The van der Waals surface area contributed by atoms with E-state index in [1.54, 1.807) is 17.6 Å². The molecule has 15 heavy (non-hydrogen) atoms. The zero-order valence-electron chi connectivity index (χ0n) is 8.35. The first-order chi connectivity index (χ1) is 7.40. The van der Waals surface area contributed by atoms with Crippen LogP contribution in [0, 0.1) is 0 Å². The molecule has 0 fully saturated rings. The Kier molecular flexibility index (Phi) is 3.55. The zero-order valence-corrected chi connectivity index (χ0v) is 9.17. The van der Waals surface area contributed by atoms with Gasteiger partial charge in [-0.25, -0.2) is 0 Å². The van der Waals surface area contributed by atoms with E-state index in [0.717, 1.165) is 18.6 Å². The fraction of sp³-hybridized carbons (Fsp3) is 0.273. The molecule has 2 aromatic rings. The summed E-state index contributed by atoms with van der Waals surface area (Å²) in [5, 5.41) is 4.18. The Morgan fingerprint density at radius 1 is 1.47 bits per heavy atom. The molecule has 3 nitrogen and oxygen atoms in total. The van der Waals surface area contributed by atoms with E-state index >= 15 is 0 Å². The minimum atomic E-state index is 0.210. The van der Waals surface area contributed by atoms with Crippen molar-refractivity contribution in [1.82, 2.24) is 5.43 Å². The van der Waals surface area contributed by atoms with Gasteiger partial charge in [-0.3, -0.25) is 11.3 Å². The highest BCUT2D eigenvalue weighted by molar-refractivity contribution is 7.07. The third-order valence-corrected chi connectivity index (χ3v) is 3.11. The SMILES string of the molecule is NNC(CCc1ccco1)c1ccsc1. The van der Waals surface area contributed by atoms with E-state index < -0.39 is 0 Å². The number of hydrogen-bond acceptors (Lipinski definition) is 4. The van der Waals surface area contributed by atoms with Crippen LogP contribution in [-0.2, 0) is 6.42 Å². The molecule has 0 amide bonds. The van der Waals surface area contributed by atoms with Crippen LogP contribution < -0.4 is 11.3 Å². The summed E-state index contributed by atoms with van der Waals surface area (Å²) in [6, 6.07) is 6.20. The number of nitrogens with two attached hydrogens (primary N) is 1. The van der Waals surface area contributed by atoms with Crippen LogP contribution in [0.25, 0.3) is 0 Å². The Hall–Kier alpha value is -1.10. The van der Waals surface area contributed by atoms with Crippen LogP contribution in [0.4, 0.5) is 0 Å². The first-order valence-electron chi connectivity index (χ1n) is 4.91. The molecule has 0 aliphatic rings. The van der Waals surface area contributed by atoms with E-state index in [4.69, 9.17) is 10.3 Å². The number of hydrogen-bond donors (Lipinski definition) is 2. The molecule has 3 N–H and O–H groups in total. The van der Waals surface area contributed by atoms with Crippen molar-refractivity contribution in [3.8, 4) is 0 Å². The van der Waals surface area contributed by atoms with Crippen LogP contribution in [0.15, 0.2) is 39.6 Å². The normalized spacial score (nSPS) is 12.9. The first kappa shape index (κ1) is 10.4. The van der Waals surface area contributed by atoms with Crippen molar-refractivity contribution in [2.75, 3.05) is 0 Å². The number of thiophene rings is 1. The molecule has 0 aliphatic carbocycles. The summed E-state index contributed by atoms with van der Waals surface area (Å²) < 4.78 is 5.28. The Morgan fingerprint density at radius 2 is 2.40 bits per heavy atom. The van der Waals surface area contributed by atoms with Crippen LogP contribution in [0.1, 0.15) is 23.8 Å². The van der Waals surface area contributed by atoms with E-state index in [2.05, 4.69) is 22.3 Å². The minimum Gasteiger partial charge on any atom is -0.469 e. The van der Waals surface area contributed by atoms with Crippen molar-refractivity contribution in [3.05, 3.63) is 46.5 Å². The summed E-state index contributed by atoms with van der Waals surface area (Å²) in [6.07, 6.45) is 3.54. The maximum absolute atomic E-state index is 5.53. The number of rotatable bonds is 5. The average Bonchev–Trinajstić information content (AvgIpc) is 2.90. The average molecular weight is 222 g/mol. The summed E-state index contributed by atoms with van der Waals surface area (Å²) >= 11 is 1.69. The van der Waals surface area contributed by atoms with Gasteiger partial charge in [0, 0.05) is 12.5 Å². The second kappa shape index (κ2) is 5.11. The molecule has 0 aromatic carbocycles. The van der Waals surface area contributed by atoms with E-state index in [1.807, 2.05) is 12.1 Å². The summed E-state index contributed by atoms with van der Waals surface area (Å²) in [6.45, 7) is 0. The van der Waals surface area contributed by atoms with Gasteiger partial charge in [0.15, 0.2) is 0 Å². The maximum Gasteiger partial charge on any atom is 0.103 e. The van der Waals surface area contributed by atoms with Crippen molar-refractivity contribution in [1.29, 1.82) is 0 Å². The lowest BCUT2D eigenvalue weighted by atomic mass is 10.1. The largest absolute Gasteiger partial charge is 0.469 e. The third kappa shape index (κ3) is 2.68. The van der Waals surface area contributed by atoms with Crippen LogP contribution in [-0.4, -0.2) is 0 Å². The molecular weight excluding hydrogens is 208 g/mol. The Morgan fingerprint density at radius 3 is 3.00 bits per heavy atom. The van der Waals surface area contributed by atoms with Gasteiger partial charge in [0.2, 0.25) is 0 Å². The minimum absolute atomic E-state index is 0.210. The van der Waals surface area contributed by atoms with E-state index in [-0.39, 0.29) is 6.04 Å². The summed E-state index contributed by atoms with van der Waals surface area (Å²) in [5.41, 5.74) is 4.08. The molecule has 0 radical (unpaired) electrons. The van der Waals surface area contributed by atoms with Gasteiger partial charge in [-0.2, -0.15) is 11.3 Å². The quantitative estimate of drug-likeness (QED) is 0.603. The predicted octanol–water partition coefficient (Wildman–Crippen LogP) is 2.48. The molecule has 0 aliphatic heterocycles. The molecule has 2 aromatic heterocycles. The van der Waals surface area contributed by atoms with Crippen molar-refractivity contribution in [2.24, 2.45) is 5.84 Å². The molecule has 1 atom stereocenters. The fourth-order valence-corrected chi connectivity index (χ4v) is 2.28. The topological polar surface area (TPSA) is 51.2 Å². The molecule has 80 valence electrons. The van der Waals surface area contributed by atoms with Crippen molar-refractivity contribution >= 4 is 11.3 Å². The van der Waals surface area contributed by atoms with Crippen molar-refractivity contribution < 1.29 is 4.42 Å². The second-order valence-electron chi connectivity index (χ2n) is 3.39. The molecule has 2 heterocycles. The fourth-order valence-electron chi connectivity index (χ4n) is 1.56. The number of aryl methyl sites for hydroxylation is 1. The Balaban J connectivity index is 1.92. The van der Waals surface area contributed by atoms with E-state index in [1.165, 1.54) is 5.56 Å². The highest BCUT2D eigenvalue weighted by atomic mass is 32.1. The number of furan rings is 1. The lowest BCUT2D eigenvalue weighted by Gasteiger charge is -2.13. The highest BCUT2D eigenvalue weighted by Crippen LogP contribution is 2.20. The summed E-state index contributed by atoms with van der Waals surface area (Å²) in [5.74, 6) is 6.53.